The minimum atomic E-state index is 0. The second kappa shape index (κ2) is 25.2. The van der Waals surface area contributed by atoms with Crippen LogP contribution in [0.2, 0.25) is 0 Å². The maximum Gasteiger partial charge on any atom is 0.0619 e. The molecule has 0 fully saturated rings. The fourth-order valence-electron chi connectivity index (χ4n) is 9.28. The van der Waals surface area contributed by atoms with Crippen LogP contribution in [-0.2, 0) is 65.4 Å². The SMILES string of the molecule is Cc1ccccc1.[CH2-]C.[CH2-]C.[CH3-].[CH3-].[Y].[Y].c1ccc(-n2c3c4ccccc4ccc3c3ccc4ccccc4c32)cc1.c1ccc(-n2c3c4ccccc4ccc3c3ccc4ccccc4c32)cc1. The zero-order valence-corrected chi connectivity index (χ0v) is 46.2. The van der Waals surface area contributed by atoms with Crippen molar-refractivity contribution in [1.82, 2.24) is 9.13 Å². The third kappa shape index (κ3) is 10.6. The summed E-state index contributed by atoms with van der Waals surface area (Å²) in [4.78, 5) is 0. The summed E-state index contributed by atoms with van der Waals surface area (Å²) in [5.41, 5.74) is 8.85. The molecule has 2 heterocycles. The maximum absolute atomic E-state index is 3.25. The first-order valence-electron chi connectivity index (χ1n) is 22.4. The van der Waals surface area contributed by atoms with Crippen molar-refractivity contribution in [1.29, 1.82) is 0 Å². The maximum atomic E-state index is 3.25. The largest absolute Gasteiger partial charge is 0.358 e. The normalized spacial score (nSPS) is 10.2. The van der Waals surface area contributed by atoms with Gasteiger partial charge in [-0.2, -0.15) is 13.8 Å². The summed E-state index contributed by atoms with van der Waals surface area (Å²) in [7, 11) is 0. The predicted octanol–water partition coefficient (Wildman–Crippen LogP) is 18.8. The number of para-hydroxylation sites is 2. The second-order valence-corrected chi connectivity index (χ2v) is 15.7. The van der Waals surface area contributed by atoms with Gasteiger partial charge in [0, 0.05) is 120 Å². The number of aryl methyl sites for hydroxylation is 1. The average Bonchev–Trinajstić information content (AvgIpc) is 3.93. The molecule has 13 rings (SSSR count). The Hall–Kier alpha value is -5.73. The van der Waals surface area contributed by atoms with Gasteiger partial charge in [-0.1, -0.05) is 218 Å². The quantitative estimate of drug-likeness (QED) is 0.153. The number of nitrogens with zero attached hydrogens (tertiary/aromatic N) is 2. The summed E-state index contributed by atoms with van der Waals surface area (Å²) < 4.78 is 4.88. The molecule has 13 aromatic rings. The van der Waals surface area contributed by atoms with Crippen LogP contribution >= 0.6 is 0 Å². The molecule has 0 unspecified atom stereocenters. The zero-order chi connectivity index (χ0) is 44.7. The molecular weight excluding hydrogens is 987 g/mol. The first-order chi connectivity index (χ1) is 32.2. The van der Waals surface area contributed by atoms with Gasteiger partial charge in [0.1, 0.15) is 0 Å². The van der Waals surface area contributed by atoms with E-state index in [1.54, 1.807) is 13.8 Å². The van der Waals surface area contributed by atoms with E-state index in [-0.39, 0.29) is 80.3 Å². The molecule has 0 bridgehead atoms. The minimum absolute atomic E-state index is 0. The predicted molar refractivity (Wildman–Crippen MR) is 298 cm³/mol. The van der Waals surface area contributed by atoms with E-state index in [1.807, 2.05) is 18.2 Å². The van der Waals surface area contributed by atoms with Gasteiger partial charge in [0.15, 0.2) is 0 Å². The molecule has 0 aliphatic rings. The van der Waals surface area contributed by atoms with E-state index in [2.05, 4.69) is 248 Å². The van der Waals surface area contributed by atoms with Crippen LogP contribution in [0.1, 0.15) is 19.4 Å². The molecule has 0 aliphatic carbocycles. The Bertz CT molecular complexity index is 3290. The monoisotopic (exact) mass is 1040 g/mol. The number of aromatic nitrogens is 2. The smallest absolute Gasteiger partial charge is 0.0619 e. The van der Waals surface area contributed by atoms with Crippen molar-refractivity contribution < 1.29 is 65.4 Å². The minimum Gasteiger partial charge on any atom is -0.358 e. The van der Waals surface area contributed by atoms with E-state index in [1.165, 1.54) is 104 Å². The molecular formula is C65H58N2Y2-4. The number of hydrogen-bond acceptors (Lipinski definition) is 0. The van der Waals surface area contributed by atoms with Gasteiger partial charge in [-0.15, -0.1) is 0 Å². The van der Waals surface area contributed by atoms with Crippen LogP contribution in [0, 0.1) is 35.6 Å². The van der Waals surface area contributed by atoms with Gasteiger partial charge in [0.05, 0.1) is 22.1 Å². The molecule has 0 amide bonds. The molecule has 338 valence electrons. The third-order valence-electron chi connectivity index (χ3n) is 12.0. The molecule has 0 N–H and O–H groups in total. The third-order valence-corrected chi connectivity index (χ3v) is 12.0. The van der Waals surface area contributed by atoms with Gasteiger partial charge in [-0.3, -0.25) is 0 Å². The Morgan fingerprint density at radius 2 is 0.464 bits per heavy atom. The number of hydrogen-bond donors (Lipinski definition) is 0. The molecule has 0 saturated carbocycles. The summed E-state index contributed by atoms with van der Waals surface area (Å²) >= 11 is 0. The van der Waals surface area contributed by atoms with Crippen molar-refractivity contribution in [2.45, 2.75) is 20.8 Å². The molecule has 0 aliphatic heterocycles. The van der Waals surface area contributed by atoms with Crippen LogP contribution in [-0.4, -0.2) is 9.13 Å². The van der Waals surface area contributed by atoms with Crippen molar-refractivity contribution in [2.24, 2.45) is 0 Å². The Balaban J connectivity index is 0.000000203. The fourth-order valence-corrected chi connectivity index (χ4v) is 9.28. The Kier molecular flexibility index (Phi) is 19.8. The first kappa shape index (κ1) is 54.2. The molecule has 4 heteroatoms. The Morgan fingerprint density at radius 1 is 0.246 bits per heavy atom. The van der Waals surface area contributed by atoms with Gasteiger partial charge >= 0.3 is 0 Å². The summed E-state index contributed by atoms with van der Waals surface area (Å²) in [6, 6.07) is 84.4. The molecule has 2 nitrogen and oxygen atoms in total. The van der Waals surface area contributed by atoms with E-state index in [9.17, 15) is 0 Å². The van der Waals surface area contributed by atoms with Crippen LogP contribution in [0.4, 0.5) is 0 Å². The fraction of sp³-hybridized carbons (Fsp3) is 0.0462. The number of fused-ring (bicyclic) bond motifs is 14. The molecule has 2 aromatic heterocycles. The van der Waals surface area contributed by atoms with Gasteiger partial charge in [0.25, 0.3) is 0 Å². The topological polar surface area (TPSA) is 9.86 Å². The van der Waals surface area contributed by atoms with Crippen molar-refractivity contribution in [3.63, 3.8) is 0 Å². The van der Waals surface area contributed by atoms with Gasteiger partial charge in [0.2, 0.25) is 0 Å². The van der Waals surface area contributed by atoms with Crippen LogP contribution in [0.3, 0.4) is 0 Å². The van der Waals surface area contributed by atoms with Crippen molar-refractivity contribution in [3.8, 4) is 11.4 Å². The van der Waals surface area contributed by atoms with Crippen LogP contribution in [0.25, 0.3) is 98.1 Å². The van der Waals surface area contributed by atoms with Gasteiger partial charge in [-0.05, 0) is 52.7 Å². The van der Waals surface area contributed by atoms with E-state index in [0.29, 0.717) is 0 Å². The van der Waals surface area contributed by atoms with Gasteiger partial charge in [-0.25, -0.2) is 0 Å². The molecule has 0 saturated heterocycles. The summed E-state index contributed by atoms with van der Waals surface area (Å²) in [6.45, 7) is 12.1. The molecule has 69 heavy (non-hydrogen) atoms. The van der Waals surface area contributed by atoms with Crippen molar-refractivity contribution in [2.75, 3.05) is 0 Å². The summed E-state index contributed by atoms with van der Waals surface area (Å²) in [6.07, 6.45) is 0. The Morgan fingerprint density at radius 3 is 0.696 bits per heavy atom. The average molecular weight is 1050 g/mol. The number of rotatable bonds is 2. The molecule has 0 atom stereocenters. The summed E-state index contributed by atoms with van der Waals surface area (Å²) in [5.74, 6) is 0. The molecule has 11 aromatic carbocycles. The number of benzene rings is 11. The van der Waals surface area contributed by atoms with Crippen molar-refractivity contribution >= 4 is 86.7 Å². The van der Waals surface area contributed by atoms with E-state index in [4.69, 9.17) is 0 Å². The van der Waals surface area contributed by atoms with Crippen LogP contribution in [0.15, 0.2) is 237 Å². The molecule has 2 radical (unpaired) electrons. The molecule has 0 spiro atoms. The zero-order valence-electron chi connectivity index (χ0n) is 40.5. The first-order valence-corrected chi connectivity index (χ1v) is 22.4. The van der Waals surface area contributed by atoms with Crippen molar-refractivity contribution in [3.05, 3.63) is 271 Å². The van der Waals surface area contributed by atoms with E-state index >= 15 is 0 Å². The standard InChI is InChI=1S/2C26H17N.C7H8.2C2H5.2CH3.2Y/c2*1-2-10-20(11-3-1)27-25-21-12-6-4-8-18(21)14-16-23(25)24-17-15-19-9-5-7-13-22(19)26(24)27;1-7-5-3-2-4-6-7;2*1-2;;;;/h2*1-17H;2-6H,1H3;2*1H2,2H3;2*1H3;;/q;;;4*-1;;. The second-order valence-electron chi connectivity index (χ2n) is 15.7. The van der Waals surface area contributed by atoms with E-state index in [0.717, 1.165) is 0 Å². The van der Waals surface area contributed by atoms with Crippen LogP contribution in [0.5, 0.6) is 0 Å². The van der Waals surface area contributed by atoms with Crippen LogP contribution < -0.4 is 0 Å². The summed E-state index contributed by atoms with van der Waals surface area (Å²) in [5, 5.41) is 15.5. The Labute approximate surface area is 459 Å². The van der Waals surface area contributed by atoms with E-state index < -0.39 is 0 Å². The van der Waals surface area contributed by atoms with Gasteiger partial charge < -0.3 is 37.8 Å².